The highest BCUT2D eigenvalue weighted by molar-refractivity contribution is 4.76. The lowest BCUT2D eigenvalue weighted by atomic mass is 9.98. The predicted molar refractivity (Wildman–Crippen MR) is 79.0 cm³/mol. The predicted octanol–water partition coefficient (Wildman–Crippen LogP) is 4.28. The molecule has 18 heavy (non-hydrogen) atoms. The summed E-state index contributed by atoms with van der Waals surface area (Å²) in [7, 11) is 0. The Balaban J connectivity index is 1.94. The van der Waals surface area contributed by atoms with Gasteiger partial charge in [0.25, 0.3) is 0 Å². The van der Waals surface area contributed by atoms with E-state index in [0.717, 1.165) is 13.2 Å². The van der Waals surface area contributed by atoms with E-state index in [1.165, 1.54) is 64.2 Å². The van der Waals surface area contributed by atoms with Crippen LogP contribution in [0.4, 0.5) is 0 Å². The van der Waals surface area contributed by atoms with Crippen LogP contribution in [0.15, 0.2) is 0 Å². The fraction of sp³-hybridized carbons (Fsp3) is 1.00. The molecule has 2 unspecified atom stereocenters. The second-order valence-electron chi connectivity index (χ2n) is 5.68. The standard InChI is InChI=1S/C16H33NO/c1-3-5-6-7-8-9-10-11-16-14-15(17-4-2)12-13-18-16/h15-17H,3-14H2,1-2H3. The number of ether oxygens (including phenoxy) is 1. The van der Waals surface area contributed by atoms with Gasteiger partial charge in [-0.3, -0.25) is 0 Å². The number of hydrogen-bond donors (Lipinski definition) is 1. The van der Waals surface area contributed by atoms with Gasteiger partial charge in [0.1, 0.15) is 0 Å². The molecule has 0 aromatic rings. The summed E-state index contributed by atoms with van der Waals surface area (Å²) in [4.78, 5) is 0. The summed E-state index contributed by atoms with van der Waals surface area (Å²) < 4.78 is 5.86. The van der Waals surface area contributed by atoms with Crippen LogP contribution in [-0.4, -0.2) is 25.3 Å². The summed E-state index contributed by atoms with van der Waals surface area (Å²) in [5.41, 5.74) is 0. The molecule has 0 aliphatic carbocycles. The van der Waals surface area contributed by atoms with Crippen LogP contribution in [0.1, 0.15) is 78.1 Å². The summed E-state index contributed by atoms with van der Waals surface area (Å²) in [6.07, 6.45) is 14.0. The van der Waals surface area contributed by atoms with Crippen LogP contribution in [0.2, 0.25) is 0 Å². The topological polar surface area (TPSA) is 21.3 Å². The Labute approximate surface area is 114 Å². The lowest BCUT2D eigenvalue weighted by Gasteiger charge is -2.30. The molecule has 1 aliphatic heterocycles. The summed E-state index contributed by atoms with van der Waals surface area (Å²) in [5, 5.41) is 3.56. The maximum absolute atomic E-state index is 5.86. The smallest absolute Gasteiger partial charge is 0.0590 e. The first kappa shape index (κ1) is 16.0. The molecule has 1 fully saturated rings. The third kappa shape index (κ3) is 7.38. The van der Waals surface area contributed by atoms with Crippen molar-refractivity contribution in [3.8, 4) is 0 Å². The van der Waals surface area contributed by atoms with E-state index in [0.29, 0.717) is 12.1 Å². The Morgan fingerprint density at radius 1 is 1.00 bits per heavy atom. The Bertz CT molecular complexity index is 182. The molecular formula is C16H33NO. The molecule has 2 atom stereocenters. The van der Waals surface area contributed by atoms with Crippen molar-refractivity contribution in [1.82, 2.24) is 5.32 Å². The molecule has 0 bridgehead atoms. The zero-order valence-electron chi connectivity index (χ0n) is 12.5. The van der Waals surface area contributed by atoms with Crippen LogP contribution in [0.25, 0.3) is 0 Å². The fourth-order valence-corrected chi connectivity index (χ4v) is 2.88. The van der Waals surface area contributed by atoms with Crippen molar-refractivity contribution < 1.29 is 4.74 Å². The Kier molecular flexibility index (Phi) is 9.59. The van der Waals surface area contributed by atoms with Crippen molar-refractivity contribution in [2.75, 3.05) is 13.2 Å². The maximum atomic E-state index is 5.86. The largest absolute Gasteiger partial charge is 0.378 e. The van der Waals surface area contributed by atoms with E-state index in [1.54, 1.807) is 0 Å². The average molecular weight is 255 g/mol. The number of unbranched alkanes of at least 4 members (excludes halogenated alkanes) is 6. The number of nitrogens with one attached hydrogen (secondary N) is 1. The van der Waals surface area contributed by atoms with Crippen molar-refractivity contribution in [1.29, 1.82) is 0 Å². The van der Waals surface area contributed by atoms with Crippen LogP contribution < -0.4 is 5.32 Å². The van der Waals surface area contributed by atoms with Crippen molar-refractivity contribution in [3.63, 3.8) is 0 Å². The van der Waals surface area contributed by atoms with E-state index < -0.39 is 0 Å². The molecule has 2 nitrogen and oxygen atoms in total. The van der Waals surface area contributed by atoms with E-state index in [4.69, 9.17) is 4.74 Å². The van der Waals surface area contributed by atoms with Gasteiger partial charge >= 0.3 is 0 Å². The second kappa shape index (κ2) is 10.8. The quantitative estimate of drug-likeness (QED) is 0.588. The van der Waals surface area contributed by atoms with Gasteiger partial charge in [-0.2, -0.15) is 0 Å². The van der Waals surface area contributed by atoms with E-state index >= 15 is 0 Å². The van der Waals surface area contributed by atoms with Crippen molar-refractivity contribution >= 4 is 0 Å². The molecule has 1 rings (SSSR count). The van der Waals surface area contributed by atoms with Gasteiger partial charge in [0.2, 0.25) is 0 Å². The third-order valence-electron chi connectivity index (χ3n) is 3.99. The first-order valence-electron chi connectivity index (χ1n) is 8.21. The Morgan fingerprint density at radius 2 is 1.72 bits per heavy atom. The highest BCUT2D eigenvalue weighted by Gasteiger charge is 2.21. The highest BCUT2D eigenvalue weighted by atomic mass is 16.5. The van der Waals surface area contributed by atoms with Gasteiger partial charge in [-0.1, -0.05) is 58.8 Å². The van der Waals surface area contributed by atoms with E-state index in [1.807, 2.05) is 0 Å². The summed E-state index contributed by atoms with van der Waals surface area (Å²) >= 11 is 0. The molecule has 1 N–H and O–H groups in total. The van der Waals surface area contributed by atoms with Gasteiger partial charge in [-0.15, -0.1) is 0 Å². The van der Waals surface area contributed by atoms with Crippen LogP contribution in [0, 0.1) is 0 Å². The van der Waals surface area contributed by atoms with Crippen LogP contribution in [0.5, 0.6) is 0 Å². The van der Waals surface area contributed by atoms with Gasteiger partial charge in [0, 0.05) is 12.6 Å². The van der Waals surface area contributed by atoms with Crippen LogP contribution >= 0.6 is 0 Å². The van der Waals surface area contributed by atoms with E-state index in [2.05, 4.69) is 19.2 Å². The van der Waals surface area contributed by atoms with Gasteiger partial charge in [0.15, 0.2) is 0 Å². The number of rotatable bonds is 10. The second-order valence-corrected chi connectivity index (χ2v) is 5.68. The number of hydrogen-bond acceptors (Lipinski definition) is 2. The zero-order chi connectivity index (χ0) is 13.1. The van der Waals surface area contributed by atoms with Crippen LogP contribution in [0.3, 0.4) is 0 Å². The van der Waals surface area contributed by atoms with E-state index in [9.17, 15) is 0 Å². The lowest BCUT2D eigenvalue weighted by molar-refractivity contribution is -0.00383. The summed E-state index contributed by atoms with van der Waals surface area (Å²) in [6.45, 7) is 6.52. The van der Waals surface area contributed by atoms with Gasteiger partial charge < -0.3 is 10.1 Å². The molecule has 1 heterocycles. The molecule has 0 radical (unpaired) electrons. The SMILES string of the molecule is CCCCCCCCCC1CC(NCC)CCO1. The molecule has 0 aromatic carbocycles. The first-order valence-corrected chi connectivity index (χ1v) is 8.21. The highest BCUT2D eigenvalue weighted by Crippen LogP contribution is 2.19. The van der Waals surface area contributed by atoms with Crippen LogP contribution in [-0.2, 0) is 4.74 Å². The molecule has 0 aromatic heterocycles. The minimum atomic E-state index is 0.526. The first-order chi connectivity index (χ1) is 8.86. The minimum absolute atomic E-state index is 0.526. The molecule has 2 heteroatoms. The normalized spacial score (nSPS) is 24.3. The molecule has 108 valence electrons. The lowest BCUT2D eigenvalue weighted by Crippen LogP contribution is -2.38. The van der Waals surface area contributed by atoms with Gasteiger partial charge in [-0.05, 0) is 25.8 Å². The fourth-order valence-electron chi connectivity index (χ4n) is 2.88. The zero-order valence-corrected chi connectivity index (χ0v) is 12.5. The molecular weight excluding hydrogens is 222 g/mol. The Morgan fingerprint density at radius 3 is 2.44 bits per heavy atom. The van der Waals surface area contributed by atoms with Crippen molar-refractivity contribution in [3.05, 3.63) is 0 Å². The monoisotopic (exact) mass is 255 g/mol. The third-order valence-corrected chi connectivity index (χ3v) is 3.99. The van der Waals surface area contributed by atoms with Crippen molar-refractivity contribution in [2.45, 2.75) is 90.2 Å². The molecule has 0 amide bonds. The maximum Gasteiger partial charge on any atom is 0.0590 e. The van der Waals surface area contributed by atoms with E-state index in [-0.39, 0.29) is 0 Å². The summed E-state index contributed by atoms with van der Waals surface area (Å²) in [5.74, 6) is 0. The Hall–Kier alpha value is -0.0800. The molecule has 0 spiro atoms. The van der Waals surface area contributed by atoms with Gasteiger partial charge in [0.05, 0.1) is 6.10 Å². The summed E-state index contributed by atoms with van der Waals surface area (Å²) in [6, 6.07) is 0.707. The molecule has 1 aliphatic rings. The van der Waals surface area contributed by atoms with Gasteiger partial charge in [-0.25, -0.2) is 0 Å². The molecule has 0 saturated carbocycles. The minimum Gasteiger partial charge on any atom is -0.378 e. The van der Waals surface area contributed by atoms with Crippen molar-refractivity contribution in [2.24, 2.45) is 0 Å². The average Bonchev–Trinajstić information content (AvgIpc) is 2.39. The molecule has 1 saturated heterocycles.